The lowest BCUT2D eigenvalue weighted by Gasteiger charge is -2.16. The molecule has 1 saturated heterocycles. The molecule has 2 rings (SSSR count). The maximum atomic E-state index is 12.1. The van der Waals surface area contributed by atoms with Gasteiger partial charge in [-0.15, -0.1) is 0 Å². The van der Waals surface area contributed by atoms with Crippen LogP contribution in [0.3, 0.4) is 0 Å². The number of benzene rings is 1. The van der Waals surface area contributed by atoms with Gasteiger partial charge in [-0.2, -0.15) is 0 Å². The van der Waals surface area contributed by atoms with Gasteiger partial charge in [-0.3, -0.25) is 15.0 Å². The van der Waals surface area contributed by atoms with E-state index in [2.05, 4.69) is 5.43 Å². The van der Waals surface area contributed by atoms with E-state index < -0.39 is 5.91 Å². The molecule has 0 aliphatic carbocycles. The first-order valence-corrected chi connectivity index (χ1v) is 6.99. The van der Waals surface area contributed by atoms with Crippen LogP contribution in [-0.2, 0) is 4.79 Å². The first-order valence-electron chi connectivity index (χ1n) is 5.59. The molecule has 106 valence electrons. The molecule has 8 heteroatoms. The molecule has 2 amide bonds. The van der Waals surface area contributed by atoms with Gasteiger partial charge < -0.3 is 9.47 Å². The van der Waals surface area contributed by atoms with Crippen LogP contribution in [-0.4, -0.2) is 41.1 Å². The van der Waals surface area contributed by atoms with Crippen LogP contribution in [0.5, 0.6) is 11.5 Å². The lowest BCUT2D eigenvalue weighted by Crippen LogP contribution is -2.45. The lowest BCUT2D eigenvalue weighted by atomic mass is 10.2. The van der Waals surface area contributed by atoms with Crippen molar-refractivity contribution < 1.29 is 19.1 Å². The third-order valence-corrected chi connectivity index (χ3v) is 3.97. The van der Waals surface area contributed by atoms with Gasteiger partial charge in [0.2, 0.25) is 0 Å². The molecule has 1 aromatic carbocycles. The van der Waals surface area contributed by atoms with Crippen LogP contribution < -0.4 is 14.9 Å². The van der Waals surface area contributed by atoms with Crippen LogP contribution in [0.4, 0.5) is 0 Å². The van der Waals surface area contributed by atoms with E-state index in [0.29, 0.717) is 21.4 Å². The van der Waals surface area contributed by atoms with Gasteiger partial charge in [0, 0.05) is 5.56 Å². The fourth-order valence-electron chi connectivity index (χ4n) is 1.61. The van der Waals surface area contributed by atoms with Crippen LogP contribution >= 0.6 is 24.0 Å². The van der Waals surface area contributed by atoms with Gasteiger partial charge in [-0.05, 0) is 18.2 Å². The zero-order chi connectivity index (χ0) is 14.7. The zero-order valence-electron chi connectivity index (χ0n) is 10.8. The predicted octanol–water partition coefficient (Wildman–Crippen LogP) is 1.21. The highest BCUT2D eigenvalue weighted by Gasteiger charge is 2.28. The van der Waals surface area contributed by atoms with Crippen molar-refractivity contribution in [2.24, 2.45) is 0 Å². The Hall–Kier alpha value is -1.80. The number of rotatable bonds is 4. The monoisotopic (exact) mass is 312 g/mol. The first kappa shape index (κ1) is 14.6. The van der Waals surface area contributed by atoms with Crippen molar-refractivity contribution >= 4 is 40.1 Å². The van der Waals surface area contributed by atoms with Crippen molar-refractivity contribution in [2.75, 3.05) is 20.0 Å². The highest BCUT2D eigenvalue weighted by molar-refractivity contribution is 8.23. The minimum absolute atomic E-state index is 0.241. The second-order valence-corrected chi connectivity index (χ2v) is 5.40. The third-order valence-electron chi connectivity index (χ3n) is 2.61. The van der Waals surface area contributed by atoms with E-state index in [4.69, 9.17) is 21.7 Å². The summed E-state index contributed by atoms with van der Waals surface area (Å²) >= 11 is 6.20. The number of nitrogens with one attached hydrogen (secondary N) is 1. The largest absolute Gasteiger partial charge is 0.493 e. The second kappa shape index (κ2) is 6.10. The van der Waals surface area contributed by atoms with Gasteiger partial charge in [-0.1, -0.05) is 24.0 Å². The molecule has 0 radical (unpaired) electrons. The number of carbonyl (C=O) groups is 2. The van der Waals surface area contributed by atoms with Crippen molar-refractivity contribution in [1.82, 2.24) is 10.4 Å². The Bertz CT molecular complexity index is 561. The summed E-state index contributed by atoms with van der Waals surface area (Å²) in [5.74, 6) is 0.514. The molecule has 1 heterocycles. The number of methoxy groups -OCH3 is 2. The summed E-state index contributed by atoms with van der Waals surface area (Å²) in [4.78, 5) is 23.6. The number of carbonyl (C=O) groups excluding carboxylic acids is 2. The number of nitrogens with zero attached hydrogens (tertiary/aromatic N) is 1. The van der Waals surface area contributed by atoms with Crippen LogP contribution in [0.25, 0.3) is 0 Å². The van der Waals surface area contributed by atoms with Gasteiger partial charge in [0.25, 0.3) is 11.8 Å². The summed E-state index contributed by atoms with van der Waals surface area (Å²) < 4.78 is 10.6. The van der Waals surface area contributed by atoms with Gasteiger partial charge in [-0.25, -0.2) is 5.01 Å². The molecule has 1 aliphatic rings. The van der Waals surface area contributed by atoms with E-state index in [1.165, 1.54) is 32.0 Å². The molecular formula is C12H12N2O4S2. The molecule has 1 aromatic rings. The Labute approximate surface area is 125 Å². The third kappa shape index (κ3) is 2.86. The fraction of sp³-hybridized carbons (Fsp3) is 0.250. The number of ether oxygens (including phenoxy) is 2. The maximum Gasteiger partial charge on any atom is 0.270 e. The average molecular weight is 312 g/mol. The molecule has 1 fully saturated rings. The summed E-state index contributed by atoms with van der Waals surface area (Å²) in [7, 11) is 2.99. The number of amides is 2. The molecule has 0 spiro atoms. The van der Waals surface area contributed by atoms with Gasteiger partial charge >= 0.3 is 0 Å². The molecule has 0 bridgehead atoms. The first-order chi connectivity index (χ1) is 9.56. The minimum atomic E-state index is -0.441. The van der Waals surface area contributed by atoms with Gasteiger partial charge in [0.05, 0.1) is 20.0 Å². The van der Waals surface area contributed by atoms with E-state index in [-0.39, 0.29) is 11.7 Å². The Kier molecular flexibility index (Phi) is 4.46. The SMILES string of the molecule is COc1ccc(C(=O)NN2C(=O)CSC2=S)cc1OC. The number of thiocarbonyl (C=S) groups is 1. The van der Waals surface area contributed by atoms with Crippen molar-refractivity contribution in [3.05, 3.63) is 23.8 Å². The number of hydrogen-bond acceptors (Lipinski definition) is 6. The zero-order valence-corrected chi connectivity index (χ0v) is 12.5. The molecule has 0 aromatic heterocycles. The highest BCUT2D eigenvalue weighted by Crippen LogP contribution is 2.27. The standard InChI is InChI=1S/C12H12N2O4S2/c1-17-8-4-3-7(5-9(8)18-2)11(16)13-14-10(15)6-20-12(14)19/h3-5H,6H2,1-2H3,(H,13,16). The highest BCUT2D eigenvalue weighted by atomic mass is 32.2. The molecule has 0 atom stereocenters. The normalized spacial score (nSPS) is 14.4. The van der Waals surface area contributed by atoms with Crippen molar-refractivity contribution in [1.29, 1.82) is 0 Å². The molecule has 1 aliphatic heterocycles. The second-order valence-electron chi connectivity index (χ2n) is 3.79. The van der Waals surface area contributed by atoms with Crippen molar-refractivity contribution in [3.8, 4) is 11.5 Å². The Morgan fingerprint density at radius 2 is 2.05 bits per heavy atom. The minimum Gasteiger partial charge on any atom is -0.493 e. The summed E-state index contributed by atoms with van der Waals surface area (Å²) in [6.45, 7) is 0. The topological polar surface area (TPSA) is 67.9 Å². The molecule has 20 heavy (non-hydrogen) atoms. The van der Waals surface area contributed by atoms with Gasteiger partial charge in [0.1, 0.15) is 0 Å². The number of hydrazine groups is 1. The van der Waals surface area contributed by atoms with E-state index in [1.54, 1.807) is 12.1 Å². The smallest absolute Gasteiger partial charge is 0.270 e. The maximum absolute atomic E-state index is 12.1. The Balaban J connectivity index is 2.17. The van der Waals surface area contributed by atoms with Crippen molar-refractivity contribution in [3.63, 3.8) is 0 Å². The van der Waals surface area contributed by atoms with E-state index in [1.807, 2.05) is 0 Å². The number of hydrogen-bond donors (Lipinski definition) is 1. The molecular weight excluding hydrogens is 300 g/mol. The fourth-order valence-corrected chi connectivity index (χ4v) is 2.58. The molecule has 1 N–H and O–H groups in total. The van der Waals surface area contributed by atoms with Gasteiger partial charge in [0.15, 0.2) is 15.8 Å². The van der Waals surface area contributed by atoms with Crippen LogP contribution in [0.2, 0.25) is 0 Å². The van der Waals surface area contributed by atoms with E-state index in [9.17, 15) is 9.59 Å². The van der Waals surface area contributed by atoms with Crippen molar-refractivity contribution in [2.45, 2.75) is 0 Å². The summed E-state index contributed by atoms with van der Waals surface area (Å²) in [5, 5.41) is 1.08. The Morgan fingerprint density at radius 1 is 1.35 bits per heavy atom. The quantitative estimate of drug-likeness (QED) is 0.843. The number of thioether (sulfide) groups is 1. The summed E-state index contributed by atoms with van der Waals surface area (Å²) in [5.41, 5.74) is 2.81. The van der Waals surface area contributed by atoms with Crippen LogP contribution in [0.15, 0.2) is 18.2 Å². The average Bonchev–Trinajstić information content (AvgIpc) is 2.78. The van der Waals surface area contributed by atoms with Crippen LogP contribution in [0, 0.1) is 0 Å². The summed E-state index contributed by atoms with van der Waals surface area (Å²) in [6.07, 6.45) is 0. The van der Waals surface area contributed by atoms with E-state index >= 15 is 0 Å². The van der Waals surface area contributed by atoms with Crippen LogP contribution in [0.1, 0.15) is 10.4 Å². The molecule has 6 nitrogen and oxygen atoms in total. The Morgan fingerprint density at radius 3 is 2.60 bits per heavy atom. The van der Waals surface area contributed by atoms with E-state index in [0.717, 1.165) is 5.01 Å². The summed E-state index contributed by atoms with van der Waals surface area (Å²) in [6, 6.07) is 4.73. The lowest BCUT2D eigenvalue weighted by molar-refractivity contribution is -0.125. The molecule has 0 saturated carbocycles. The molecule has 0 unspecified atom stereocenters. The predicted molar refractivity (Wildman–Crippen MR) is 78.9 cm³/mol.